The molecule has 1 amide bonds. The molecule has 0 unspecified atom stereocenters. The molecule has 1 N–H and O–H groups in total. The summed E-state index contributed by atoms with van der Waals surface area (Å²) in [5.41, 5.74) is 2.44. The van der Waals surface area contributed by atoms with Gasteiger partial charge < -0.3 is 5.32 Å². The number of benzene rings is 1. The van der Waals surface area contributed by atoms with Crippen molar-refractivity contribution in [2.75, 3.05) is 5.32 Å². The first kappa shape index (κ1) is 14.5. The van der Waals surface area contributed by atoms with Gasteiger partial charge in [0.05, 0.1) is 5.69 Å². The van der Waals surface area contributed by atoms with Crippen LogP contribution in [0.15, 0.2) is 41.2 Å². The summed E-state index contributed by atoms with van der Waals surface area (Å²) in [7, 11) is 0. The normalized spacial score (nSPS) is 15.4. The van der Waals surface area contributed by atoms with E-state index in [1.165, 1.54) is 10.7 Å². The molecule has 0 saturated heterocycles. The van der Waals surface area contributed by atoms with Crippen LogP contribution in [0.1, 0.15) is 43.0 Å². The highest BCUT2D eigenvalue weighted by Crippen LogP contribution is 2.38. The lowest BCUT2D eigenvalue weighted by molar-refractivity contribution is -0.119. The van der Waals surface area contributed by atoms with E-state index >= 15 is 0 Å². The lowest BCUT2D eigenvalue weighted by Gasteiger charge is -2.15. The van der Waals surface area contributed by atoms with Crippen molar-refractivity contribution in [2.45, 2.75) is 38.6 Å². The lowest BCUT2D eigenvalue weighted by atomic mass is 10.2. The zero-order chi connectivity index (χ0) is 15.7. The number of carbonyl (C=O) groups excluding carboxylic acids is 1. The Morgan fingerprint density at radius 3 is 2.77 bits per heavy atom. The van der Waals surface area contributed by atoms with E-state index < -0.39 is 6.04 Å². The third-order valence-corrected chi connectivity index (χ3v) is 3.87. The zero-order valence-electron chi connectivity index (χ0n) is 12.7. The van der Waals surface area contributed by atoms with Crippen LogP contribution in [0.4, 0.5) is 5.69 Å². The number of hydrogen-bond acceptors (Lipinski definition) is 3. The first-order valence-corrected chi connectivity index (χ1v) is 7.52. The van der Waals surface area contributed by atoms with Gasteiger partial charge in [-0.15, -0.1) is 0 Å². The van der Waals surface area contributed by atoms with E-state index in [1.807, 2.05) is 31.2 Å². The molecule has 0 aliphatic heterocycles. The number of aromatic nitrogens is 2. The van der Waals surface area contributed by atoms with Crippen LogP contribution in [-0.4, -0.2) is 15.7 Å². The topological polar surface area (TPSA) is 64.0 Å². The monoisotopic (exact) mass is 297 g/mol. The molecule has 1 aliphatic carbocycles. The van der Waals surface area contributed by atoms with Gasteiger partial charge in [-0.3, -0.25) is 9.59 Å². The predicted octanol–water partition coefficient (Wildman–Crippen LogP) is 2.63. The first-order chi connectivity index (χ1) is 10.5. The molecular formula is C17H19N3O2. The molecule has 5 heteroatoms. The summed E-state index contributed by atoms with van der Waals surface area (Å²) in [6.07, 6.45) is 2.21. The van der Waals surface area contributed by atoms with Crippen LogP contribution in [0.25, 0.3) is 0 Å². The Kier molecular flexibility index (Phi) is 3.79. The molecule has 0 spiro atoms. The summed E-state index contributed by atoms with van der Waals surface area (Å²) in [4.78, 5) is 24.3. The van der Waals surface area contributed by atoms with Crippen LogP contribution in [0.3, 0.4) is 0 Å². The van der Waals surface area contributed by atoms with Crippen molar-refractivity contribution in [1.82, 2.24) is 9.78 Å². The molecule has 1 saturated carbocycles. The maximum absolute atomic E-state index is 12.4. The fraction of sp³-hybridized carbons (Fsp3) is 0.353. The fourth-order valence-electron chi connectivity index (χ4n) is 2.39. The minimum Gasteiger partial charge on any atom is -0.324 e. The molecular weight excluding hydrogens is 278 g/mol. The number of carbonyl (C=O) groups is 1. The van der Waals surface area contributed by atoms with E-state index in [4.69, 9.17) is 0 Å². The fourth-order valence-corrected chi connectivity index (χ4v) is 2.39. The van der Waals surface area contributed by atoms with E-state index in [0.29, 0.717) is 5.92 Å². The number of nitrogens with zero attached hydrogens (tertiary/aromatic N) is 2. The summed E-state index contributed by atoms with van der Waals surface area (Å²) in [6, 6.07) is 10.2. The molecule has 1 fully saturated rings. The number of hydrogen-bond donors (Lipinski definition) is 1. The highest BCUT2D eigenvalue weighted by atomic mass is 16.2. The second-order valence-electron chi connectivity index (χ2n) is 5.85. The largest absolute Gasteiger partial charge is 0.324 e. The standard InChI is InChI=1S/C17H19N3O2/c1-11-4-3-5-14(10-11)18-17(22)12(2)20-16(21)9-8-15(19-20)13-6-7-13/h3-5,8-10,12-13H,6-7H2,1-2H3,(H,18,22)/t12-/m0/s1. The van der Waals surface area contributed by atoms with Crippen LogP contribution < -0.4 is 10.9 Å². The molecule has 1 heterocycles. The van der Waals surface area contributed by atoms with Crippen LogP contribution >= 0.6 is 0 Å². The predicted molar refractivity (Wildman–Crippen MR) is 85.0 cm³/mol. The van der Waals surface area contributed by atoms with Crippen molar-refractivity contribution in [3.63, 3.8) is 0 Å². The lowest BCUT2D eigenvalue weighted by Crippen LogP contribution is -2.33. The third-order valence-electron chi connectivity index (χ3n) is 3.87. The zero-order valence-corrected chi connectivity index (χ0v) is 12.7. The Balaban J connectivity index is 1.80. The quantitative estimate of drug-likeness (QED) is 0.943. The van der Waals surface area contributed by atoms with Gasteiger partial charge in [0.15, 0.2) is 0 Å². The second-order valence-corrected chi connectivity index (χ2v) is 5.85. The average Bonchev–Trinajstić information content (AvgIpc) is 3.32. The summed E-state index contributed by atoms with van der Waals surface area (Å²) in [5.74, 6) is 0.201. The number of anilines is 1. The van der Waals surface area contributed by atoms with Crippen molar-refractivity contribution in [3.8, 4) is 0 Å². The van der Waals surface area contributed by atoms with Crippen LogP contribution in [-0.2, 0) is 4.79 Å². The SMILES string of the molecule is Cc1cccc(NC(=O)[C@H](C)n2nc(C3CC3)ccc2=O)c1. The Morgan fingerprint density at radius 2 is 2.09 bits per heavy atom. The Morgan fingerprint density at radius 1 is 1.32 bits per heavy atom. The number of amides is 1. The highest BCUT2D eigenvalue weighted by Gasteiger charge is 2.27. The van der Waals surface area contributed by atoms with E-state index in [-0.39, 0.29) is 11.5 Å². The van der Waals surface area contributed by atoms with E-state index in [9.17, 15) is 9.59 Å². The molecule has 0 bridgehead atoms. The number of rotatable bonds is 4. The molecule has 2 aromatic rings. The molecule has 114 valence electrons. The first-order valence-electron chi connectivity index (χ1n) is 7.52. The minimum atomic E-state index is -0.647. The van der Waals surface area contributed by atoms with E-state index in [0.717, 1.165) is 29.8 Å². The van der Waals surface area contributed by atoms with Gasteiger partial charge in [-0.05, 0) is 50.5 Å². The van der Waals surface area contributed by atoms with E-state index in [2.05, 4.69) is 10.4 Å². The van der Waals surface area contributed by atoms with Crippen LogP contribution in [0, 0.1) is 6.92 Å². The molecule has 1 aliphatic rings. The summed E-state index contributed by atoms with van der Waals surface area (Å²) in [5, 5.41) is 7.19. The maximum Gasteiger partial charge on any atom is 0.267 e. The molecule has 1 aromatic carbocycles. The maximum atomic E-state index is 12.4. The van der Waals surface area contributed by atoms with Crippen molar-refractivity contribution in [1.29, 1.82) is 0 Å². The Labute approximate surface area is 129 Å². The summed E-state index contributed by atoms with van der Waals surface area (Å²) < 4.78 is 1.28. The molecule has 0 radical (unpaired) electrons. The third kappa shape index (κ3) is 3.08. The number of nitrogens with one attached hydrogen (secondary N) is 1. The van der Waals surface area contributed by atoms with Crippen molar-refractivity contribution in [2.24, 2.45) is 0 Å². The van der Waals surface area contributed by atoms with Gasteiger partial charge in [0.25, 0.3) is 5.56 Å². The molecule has 5 nitrogen and oxygen atoms in total. The molecule has 1 atom stereocenters. The molecule has 3 rings (SSSR count). The van der Waals surface area contributed by atoms with Gasteiger partial charge in [0, 0.05) is 17.7 Å². The van der Waals surface area contributed by atoms with Crippen molar-refractivity contribution >= 4 is 11.6 Å². The van der Waals surface area contributed by atoms with Gasteiger partial charge in [-0.25, -0.2) is 4.68 Å². The van der Waals surface area contributed by atoms with Crippen LogP contribution in [0.5, 0.6) is 0 Å². The highest BCUT2D eigenvalue weighted by molar-refractivity contribution is 5.93. The Hall–Kier alpha value is -2.43. The second kappa shape index (κ2) is 5.75. The van der Waals surface area contributed by atoms with Crippen molar-refractivity contribution < 1.29 is 4.79 Å². The van der Waals surface area contributed by atoms with Gasteiger partial charge in [-0.2, -0.15) is 5.10 Å². The van der Waals surface area contributed by atoms with Crippen LogP contribution in [0.2, 0.25) is 0 Å². The van der Waals surface area contributed by atoms with Crippen molar-refractivity contribution in [3.05, 3.63) is 58.0 Å². The molecule has 1 aromatic heterocycles. The minimum absolute atomic E-state index is 0.242. The average molecular weight is 297 g/mol. The molecule has 22 heavy (non-hydrogen) atoms. The smallest absolute Gasteiger partial charge is 0.267 e. The Bertz CT molecular complexity index is 762. The van der Waals surface area contributed by atoms with Gasteiger partial charge >= 0.3 is 0 Å². The summed E-state index contributed by atoms with van der Waals surface area (Å²) >= 11 is 0. The number of aryl methyl sites for hydroxylation is 1. The van der Waals surface area contributed by atoms with E-state index in [1.54, 1.807) is 13.0 Å². The van der Waals surface area contributed by atoms with Gasteiger partial charge in [-0.1, -0.05) is 12.1 Å². The van der Waals surface area contributed by atoms with Gasteiger partial charge in [0.2, 0.25) is 5.91 Å². The van der Waals surface area contributed by atoms with Gasteiger partial charge in [0.1, 0.15) is 6.04 Å². The summed E-state index contributed by atoms with van der Waals surface area (Å²) in [6.45, 7) is 3.65.